The minimum absolute atomic E-state index is 0.0792. The van der Waals surface area contributed by atoms with Crippen LogP contribution < -0.4 is 10.1 Å². The van der Waals surface area contributed by atoms with Gasteiger partial charge in [-0.15, -0.1) is 0 Å². The van der Waals surface area contributed by atoms with Crippen molar-refractivity contribution in [3.05, 3.63) is 30.0 Å². The molecule has 2 N–H and O–H groups in total. The third-order valence-corrected chi connectivity index (χ3v) is 3.67. The van der Waals surface area contributed by atoms with E-state index in [9.17, 15) is 4.79 Å². The van der Waals surface area contributed by atoms with Crippen molar-refractivity contribution in [2.75, 3.05) is 13.7 Å². The fourth-order valence-electron chi connectivity index (χ4n) is 2.33. The zero-order valence-electron chi connectivity index (χ0n) is 12.5. The lowest BCUT2D eigenvalue weighted by atomic mass is 9.84. The Kier molecular flexibility index (Phi) is 4.02. The number of amides is 1. The highest BCUT2D eigenvalue weighted by molar-refractivity contribution is 5.86. The molecule has 0 fully saturated rings. The van der Waals surface area contributed by atoms with E-state index in [2.05, 4.69) is 24.1 Å². The SMILES string of the molecule is CCC(=O)NCC(C)(C)c1c[nH]c2ccc(OC)cc12. The number of carbonyl (C=O) groups is 1. The highest BCUT2D eigenvalue weighted by Gasteiger charge is 2.24. The van der Waals surface area contributed by atoms with Crippen molar-refractivity contribution in [3.8, 4) is 5.75 Å². The van der Waals surface area contributed by atoms with Gasteiger partial charge in [0.05, 0.1) is 7.11 Å². The number of hydrogen-bond donors (Lipinski definition) is 2. The van der Waals surface area contributed by atoms with Gasteiger partial charge < -0.3 is 15.0 Å². The Balaban J connectivity index is 2.33. The Morgan fingerprint density at radius 2 is 2.15 bits per heavy atom. The van der Waals surface area contributed by atoms with Gasteiger partial charge in [-0.1, -0.05) is 20.8 Å². The van der Waals surface area contributed by atoms with Gasteiger partial charge in [-0.3, -0.25) is 4.79 Å². The van der Waals surface area contributed by atoms with Crippen molar-refractivity contribution in [1.29, 1.82) is 0 Å². The van der Waals surface area contributed by atoms with Crippen LogP contribution in [0.15, 0.2) is 24.4 Å². The van der Waals surface area contributed by atoms with E-state index in [0.29, 0.717) is 13.0 Å². The van der Waals surface area contributed by atoms with Crippen LogP contribution in [-0.2, 0) is 10.2 Å². The molecule has 0 saturated heterocycles. The average molecular weight is 274 g/mol. The summed E-state index contributed by atoms with van der Waals surface area (Å²) in [6, 6.07) is 5.98. The van der Waals surface area contributed by atoms with Gasteiger partial charge in [0.15, 0.2) is 0 Å². The lowest BCUT2D eigenvalue weighted by Gasteiger charge is -2.25. The lowest BCUT2D eigenvalue weighted by molar-refractivity contribution is -0.121. The monoisotopic (exact) mass is 274 g/mol. The molecule has 4 nitrogen and oxygen atoms in total. The Hall–Kier alpha value is -1.97. The third-order valence-electron chi connectivity index (χ3n) is 3.67. The molecule has 1 aromatic carbocycles. The van der Waals surface area contributed by atoms with E-state index in [1.54, 1.807) is 7.11 Å². The smallest absolute Gasteiger partial charge is 0.219 e. The van der Waals surface area contributed by atoms with Gasteiger partial charge in [0, 0.05) is 35.5 Å². The summed E-state index contributed by atoms with van der Waals surface area (Å²) in [4.78, 5) is 14.7. The van der Waals surface area contributed by atoms with Crippen molar-refractivity contribution < 1.29 is 9.53 Å². The van der Waals surface area contributed by atoms with Gasteiger partial charge >= 0.3 is 0 Å². The predicted molar refractivity (Wildman–Crippen MR) is 81.2 cm³/mol. The minimum Gasteiger partial charge on any atom is -0.497 e. The van der Waals surface area contributed by atoms with Gasteiger partial charge in [0.1, 0.15) is 5.75 Å². The molecule has 20 heavy (non-hydrogen) atoms. The first-order valence-electron chi connectivity index (χ1n) is 6.90. The molecule has 1 amide bonds. The van der Waals surface area contributed by atoms with Crippen LogP contribution in [0.3, 0.4) is 0 Å². The summed E-state index contributed by atoms with van der Waals surface area (Å²) in [5, 5.41) is 4.11. The van der Waals surface area contributed by atoms with Crippen LogP contribution in [0.2, 0.25) is 0 Å². The summed E-state index contributed by atoms with van der Waals surface area (Å²) in [6.07, 6.45) is 2.53. The number of methoxy groups -OCH3 is 1. The Bertz CT molecular complexity index is 614. The molecule has 0 aliphatic carbocycles. The van der Waals surface area contributed by atoms with Gasteiger partial charge in [0.25, 0.3) is 0 Å². The molecule has 0 atom stereocenters. The van der Waals surface area contributed by atoms with Crippen LogP contribution in [0.25, 0.3) is 10.9 Å². The van der Waals surface area contributed by atoms with E-state index < -0.39 is 0 Å². The number of fused-ring (bicyclic) bond motifs is 1. The number of nitrogens with one attached hydrogen (secondary N) is 2. The highest BCUT2D eigenvalue weighted by atomic mass is 16.5. The number of ether oxygens (including phenoxy) is 1. The largest absolute Gasteiger partial charge is 0.497 e. The summed E-state index contributed by atoms with van der Waals surface area (Å²) in [5.74, 6) is 0.919. The van der Waals surface area contributed by atoms with Crippen molar-refractivity contribution in [2.45, 2.75) is 32.6 Å². The van der Waals surface area contributed by atoms with Crippen molar-refractivity contribution in [2.24, 2.45) is 0 Å². The second kappa shape index (κ2) is 5.57. The number of aromatic nitrogens is 1. The highest BCUT2D eigenvalue weighted by Crippen LogP contribution is 2.32. The van der Waals surface area contributed by atoms with Crippen LogP contribution >= 0.6 is 0 Å². The number of rotatable bonds is 5. The van der Waals surface area contributed by atoms with Crippen LogP contribution in [0.1, 0.15) is 32.8 Å². The van der Waals surface area contributed by atoms with Gasteiger partial charge in [-0.05, 0) is 23.8 Å². The third kappa shape index (κ3) is 2.79. The maximum absolute atomic E-state index is 11.5. The van der Waals surface area contributed by atoms with Crippen LogP contribution in [-0.4, -0.2) is 24.5 Å². The summed E-state index contributed by atoms with van der Waals surface area (Å²) in [6.45, 7) is 6.73. The summed E-state index contributed by atoms with van der Waals surface area (Å²) in [5.41, 5.74) is 2.12. The number of H-pyrrole nitrogens is 1. The molecule has 0 bridgehead atoms. The van der Waals surface area contributed by atoms with E-state index >= 15 is 0 Å². The predicted octanol–water partition coefficient (Wildman–Crippen LogP) is 2.98. The van der Waals surface area contributed by atoms with Crippen molar-refractivity contribution in [1.82, 2.24) is 10.3 Å². The summed E-state index contributed by atoms with van der Waals surface area (Å²) in [7, 11) is 1.67. The molecular formula is C16H22N2O2. The Labute approximate surface area is 119 Å². The molecule has 4 heteroatoms. The first-order chi connectivity index (χ1) is 9.47. The van der Waals surface area contributed by atoms with Gasteiger partial charge in [-0.2, -0.15) is 0 Å². The quantitative estimate of drug-likeness (QED) is 0.880. The molecule has 0 aliphatic rings. The zero-order valence-corrected chi connectivity index (χ0v) is 12.5. The van der Waals surface area contributed by atoms with E-state index in [-0.39, 0.29) is 11.3 Å². The molecule has 0 aliphatic heterocycles. The number of carbonyl (C=O) groups excluding carboxylic acids is 1. The van der Waals surface area contributed by atoms with E-state index in [1.165, 1.54) is 5.56 Å². The van der Waals surface area contributed by atoms with E-state index in [0.717, 1.165) is 16.7 Å². The Morgan fingerprint density at radius 1 is 1.40 bits per heavy atom. The van der Waals surface area contributed by atoms with Crippen molar-refractivity contribution >= 4 is 16.8 Å². The van der Waals surface area contributed by atoms with Gasteiger partial charge in [0.2, 0.25) is 5.91 Å². The average Bonchev–Trinajstić information content (AvgIpc) is 2.88. The standard InChI is InChI=1S/C16H22N2O2/c1-5-15(19)18-10-16(2,3)13-9-17-14-7-6-11(20-4)8-12(13)14/h6-9,17H,5,10H2,1-4H3,(H,18,19). The number of aromatic amines is 1. The molecule has 108 valence electrons. The minimum atomic E-state index is -0.143. The second-order valence-corrected chi connectivity index (χ2v) is 5.63. The second-order valence-electron chi connectivity index (χ2n) is 5.63. The maximum Gasteiger partial charge on any atom is 0.219 e. The molecule has 2 aromatic rings. The van der Waals surface area contributed by atoms with Crippen LogP contribution in [0.4, 0.5) is 0 Å². The van der Waals surface area contributed by atoms with Crippen LogP contribution in [0, 0.1) is 0 Å². The van der Waals surface area contributed by atoms with E-state index in [4.69, 9.17) is 4.74 Å². The number of benzene rings is 1. The topological polar surface area (TPSA) is 54.1 Å². The molecule has 2 rings (SSSR count). The lowest BCUT2D eigenvalue weighted by Crippen LogP contribution is -2.36. The number of hydrogen-bond acceptors (Lipinski definition) is 2. The fraction of sp³-hybridized carbons (Fsp3) is 0.438. The van der Waals surface area contributed by atoms with E-state index in [1.807, 2.05) is 31.3 Å². The molecule has 1 heterocycles. The van der Waals surface area contributed by atoms with Gasteiger partial charge in [-0.25, -0.2) is 0 Å². The zero-order chi connectivity index (χ0) is 14.8. The van der Waals surface area contributed by atoms with Crippen LogP contribution in [0.5, 0.6) is 5.75 Å². The molecule has 0 unspecified atom stereocenters. The normalized spacial score (nSPS) is 11.6. The first kappa shape index (κ1) is 14.4. The fourth-order valence-corrected chi connectivity index (χ4v) is 2.33. The van der Waals surface area contributed by atoms with Crippen molar-refractivity contribution in [3.63, 3.8) is 0 Å². The Morgan fingerprint density at radius 3 is 2.80 bits per heavy atom. The molecule has 0 radical (unpaired) electrons. The molecule has 0 spiro atoms. The molecule has 0 saturated carbocycles. The molecule has 1 aromatic heterocycles. The molecular weight excluding hydrogens is 252 g/mol. The summed E-state index contributed by atoms with van der Waals surface area (Å²) >= 11 is 0. The summed E-state index contributed by atoms with van der Waals surface area (Å²) < 4.78 is 5.29. The first-order valence-corrected chi connectivity index (χ1v) is 6.90. The maximum atomic E-state index is 11.5.